The van der Waals surface area contributed by atoms with Crippen molar-refractivity contribution in [1.82, 2.24) is 15.2 Å². The van der Waals surface area contributed by atoms with Gasteiger partial charge in [0.05, 0.1) is 28.9 Å². The molecule has 1 atom stereocenters. The number of nitrogens with zero attached hydrogens (tertiary/aromatic N) is 3. The molecule has 0 spiro atoms. The van der Waals surface area contributed by atoms with Crippen LogP contribution in [0.3, 0.4) is 0 Å². The highest BCUT2D eigenvalue weighted by molar-refractivity contribution is 7.98. The molecule has 1 N–H and O–H groups in total. The molecule has 1 unspecified atom stereocenters. The van der Waals surface area contributed by atoms with E-state index in [1.54, 1.807) is 18.0 Å². The van der Waals surface area contributed by atoms with Crippen LogP contribution in [0.5, 0.6) is 0 Å². The summed E-state index contributed by atoms with van der Waals surface area (Å²) < 4.78 is 0. The fraction of sp³-hybridized carbons (Fsp3) is 0.296. The topological polar surface area (TPSA) is 69.0 Å². The summed E-state index contributed by atoms with van der Waals surface area (Å²) in [5.74, 6) is 0.284. The summed E-state index contributed by atoms with van der Waals surface area (Å²) in [5, 5.41) is 12.1. The van der Waals surface area contributed by atoms with Crippen molar-refractivity contribution in [1.29, 1.82) is 5.26 Å². The van der Waals surface area contributed by atoms with Crippen LogP contribution >= 0.6 is 11.8 Å². The van der Waals surface area contributed by atoms with E-state index in [-0.39, 0.29) is 11.9 Å². The largest absolute Gasteiger partial charge is 0.348 e. The van der Waals surface area contributed by atoms with Gasteiger partial charge < -0.3 is 5.32 Å². The first-order chi connectivity index (χ1) is 16.0. The van der Waals surface area contributed by atoms with E-state index in [9.17, 15) is 4.79 Å². The fourth-order valence-electron chi connectivity index (χ4n) is 4.37. The number of nitrogens with one attached hydrogen (secondary N) is 1. The summed E-state index contributed by atoms with van der Waals surface area (Å²) in [6, 6.07) is 20.3. The lowest BCUT2D eigenvalue weighted by Gasteiger charge is -2.27. The predicted octanol–water partition coefficient (Wildman–Crippen LogP) is 5.32. The van der Waals surface area contributed by atoms with Crippen LogP contribution in [0.1, 0.15) is 58.2 Å². The summed E-state index contributed by atoms with van der Waals surface area (Å²) in [6.07, 6.45) is 3.75. The number of thioether (sulfide) groups is 1. The first-order valence-corrected chi connectivity index (χ1v) is 12.3. The summed E-state index contributed by atoms with van der Waals surface area (Å²) in [6.45, 7) is 6.43. The number of aromatic nitrogens is 1. The summed E-state index contributed by atoms with van der Waals surface area (Å²) in [7, 11) is 0. The highest BCUT2D eigenvalue weighted by atomic mass is 32.2. The number of benzene rings is 2. The number of pyridine rings is 1. The molecule has 3 aromatic rings. The molecule has 0 bridgehead atoms. The number of carbonyl (C=O) groups excluding carboxylic acids is 1. The number of fused-ring (bicyclic) bond motifs is 1. The third-order valence-electron chi connectivity index (χ3n) is 6.02. The van der Waals surface area contributed by atoms with Gasteiger partial charge in [0.1, 0.15) is 0 Å². The monoisotopic (exact) mass is 456 g/mol. The molecular formula is C27H28N4OS. The van der Waals surface area contributed by atoms with E-state index in [1.807, 2.05) is 48.7 Å². The van der Waals surface area contributed by atoms with Gasteiger partial charge in [0.2, 0.25) is 0 Å². The van der Waals surface area contributed by atoms with Gasteiger partial charge >= 0.3 is 0 Å². The molecule has 4 rings (SSSR count). The maximum atomic E-state index is 12.8. The van der Waals surface area contributed by atoms with E-state index < -0.39 is 0 Å². The van der Waals surface area contributed by atoms with Crippen molar-refractivity contribution < 1.29 is 4.79 Å². The maximum absolute atomic E-state index is 12.8. The van der Waals surface area contributed by atoms with Gasteiger partial charge in [0.25, 0.3) is 5.91 Å². The van der Waals surface area contributed by atoms with Crippen LogP contribution in [0.15, 0.2) is 65.7 Å². The molecule has 0 fully saturated rings. The van der Waals surface area contributed by atoms with Gasteiger partial charge in [-0.15, -0.1) is 11.8 Å². The number of carbonyl (C=O) groups is 1. The Balaban J connectivity index is 1.46. The second-order valence-electron chi connectivity index (χ2n) is 8.70. The molecule has 1 aliphatic heterocycles. The van der Waals surface area contributed by atoms with E-state index in [0.29, 0.717) is 23.6 Å². The number of hydrogen-bond acceptors (Lipinski definition) is 5. The van der Waals surface area contributed by atoms with Crippen LogP contribution in [0.25, 0.3) is 0 Å². The third-order valence-corrected chi connectivity index (χ3v) is 6.77. The smallest absolute Gasteiger partial charge is 0.253 e. The fourth-order valence-corrected chi connectivity index (χ4v) is 4.77. The van der Waals surface area contributed by atoms with Crippen LogP contribution < -0.4 is 5.32 Å². The SMILES string of the molecule is CSc1ccc(CNC(=O)c2cnc3c(c2)CN(Cc2ccc(C#N)cc2)C3C(C)C)cc1. The first-order valence-electron chi connectivity index (χ1n) is 11.1. The van der Waals surface area contributed by atoms with Crippen LogP contribution in [0.2, 0.25) is 0 Å². The molecule has 2 aromatic carbocycles. The zero-order valence-corrected chi connectivity index (χ0v) is 20.0. The Morgan fingerprint density at radius 3 is 2.52 bits per heavy atom. The molecule has 5 nitrogen and oxygen atoms in total. The van der Waals surface area contributed by atoms with Gasteiger partial charge in [-0.1, -0.05) is 38.1 Å². The van der Waals surface area contributed by atoms with Gasteiger partial charge in [-0.25, -0.2) is 0 Å². The van der Waals surface area contributed by atoms with E-state index in [4.69, 9.17) is 10.2 Å². The van der Waals surface area contributed by atoms with Crippen molar-refractivity contribution >= 4 is 17.7 Å². The molecule has 168 valence electrons. The zero-order valence-electron chi connectivity index (χ0n) is 19.2. The van der Waals surface area contributed by atoms with Gasteiger partial charge in [0.15, 0.2) is 0 Å². The van der Waals surface area contributed by atoms with Gasteiger partial charge in [-0.05, 0) is 59.2 Å². The van der Waals surface area contributed by atoms with Crippen LogP contribution in [0, 0.1) is 17.2 Å². The number of hydrogen-bond donors (Lipinski definition) is 1. The lowest BCUT2D eigenvalue weighted by Crippen LogP contribution is -2.25. The van der Waals surface area contributed by atoms with Crippen molar-refractivity contribution in [2.45, 2.75) is 44.4 Å². The Morgan fingerprint density at radius 1 is 1.18 bits per heavy atom. The summed E-state index contributed by atoms with van der Waals surface area (Å²) in [4.78, 5) is 21.1. The Bertz CT molecular complexity index is 1170. The van der Waals surface area contributed by atoms with Gasteiger partial charge in [-0.2, -0.15) is 5.26 Å². The standard InChI is InChI=1S/C27H28N4OS/c1-18(2)26-25-23(17-31(26)16-21-6-4-19(13-28)5-7-21)12-22(15-29-25)27(32)30-14-20-8-10-24(33-3)11-9-20/h4-12,15,18,26H,14,16-17H2,1-3H3,(H,30,32). The second kappa shape index (κ2) is 10.2. The van der Waals surface area contributed by atoms with Crippen molar-refractivity contribution in [2.24, 2.45) is 5.92 Å². The van der Waals surface area contributed by atoms with Gasteiger partial charge in [-0.3, -0.25) is 14.7 Å². The molecule has 0 aliphatic carbocycles. The van der Waals surface area contributed by atoms with E-state index in [1.165, 1.54) is 4.90 Å². The quantitative estimate of drug-likeness (QED) is 0.488. The van der Waals surface area contributed by atoms with Crippen LogP contribution in [0.4, 0.5) is 0 Å². The molecular weight excluding hydrogens is 428 g/mol. The van der Waals surface area contributed by atoms with Crippen molar-refractivity contribution in [3.8, 4) is 6.07 Å². The predicted molar refractivity (Wildman–Crippen MR) is 132 cm³/mol. The lowest BCUT2D eigenvalue weighted by atomic mass is 9.99. The number of nitriles is 1. The molecule has 0 saturated carbocycles. The molecule has 33 heavy (non-hydrogen) atoms. The zero-order chi connectivity index (χ0) is 23.4. The molecule has 1 amide bonds. The van der Waals surface area contributed by atoms with Crippen LogP contribution in [-0.4, -0.2) is 22.0 Å². The Kier molecular flexibility index (Phi) is 7.12. The third kappa shape index (κ3) is 5.27. The van der Waals surface area contributed by atoms with Crippen LogP contribution in [-0.2, 0) is 19.6 Å². The number of rotatable bonds is 7. The maximum Gasteiger partial charge on any atom is 0.253 e. The summed E-state index contributed by atoms with van der Waals surface area (Å²) >= 11 is 1.70. The Morgan fingerprint density at radius 2 is 1.88 bits per heavy atom. The van der Waals surface area contributed by atoms with E-state index in [0.717, 1.165) is 35.5 Å². The average molecular weight is 457 g/mol. The molecule has 1 aromatic heterocycles. The van der Waals surface area contributed by atoms with Crippen molar-refractivity contribution in [3.05, 3.63) is 94.3 Å². The van der Waals surface area contributed by atoms with Gasteiger partial charge in [0, 0.05) is 30.7 Å². The normalized spacial score (nSPS) is 15.3. The Hall–Kier alpha value is -3.14. The molecule has 0 radical (unpaired) electrons. The van der Waals surface area contributed by atoms with Crippen molar-refractivity contribution in [2.75, 3.05) is 6.26 Å². The minimum atomic E-state index is -0.106. The highest BCUT2D eigenvalue weighted by Crippen LogP contribution is 2.38. The van der Waals surface area contributed by atoms with E-state index >= 15 is 0 Å². The molecule has 1 aliphatic rings. The van der Waals surface area contributed by atoms with E-state index in [2.05, 4.69) is 42.3 Å². The molecule has 0 saturated heterocycles. The molecule has 6 heteroatoms. The minimum absolute atomic E-state index is 0.106. The summed E-state index contributed by atoms with van der Waals surface area (Å²) in [5.41, 5.74) is 5.67. The number of amides is 1. The van der Waals surface area contributed by atoms with Crippen molar-refractivity contribution in [3.63, 3.8) is 0 Å². The Labute approximate surface area is 199 Å². The first kappa shape index (κ1) is 23.0. The highest BCUT2D eigenvalue weighted by Gasteiger charge is 2.34. The minimum Gasteiger partial charge on any atom is -0.348 e. The molecule has 2 heterocycles. The lowest BCUT2D eigenvalue weighted by molar-refractivity contribution is 0.0950. The average Bonchev–Trinajstić information content (AvgIpc) is 3.20. The second-order valence-corrected chi connectivity index (χ2v) is 9.58.